The van der Waals surface area contributed by atoms with Crippen LogP contribution in [0.1, 0.15) is 58.6 Å². The van der Waals surface area contributed by atoms with E-state index in [-0.39, 0.29) is 6.09 Å². The summed E-state index contributed by atoms with van der Waals surface area (Å²) in [7, 11) is 0. The number of piperidine rings is 1. The predicted octanol–water partition coefficient (Wildman–Crippen LogP) is 4.91. The molecular formula is C19H30N2O2S2. The van der Waals surface area contributed by atoms with Gasteiger partial charge in [0.05, 0.1) is 4.21 Å². The van der Waals surface area contributed by atoms with Crippen molar-refractivity contribution >= 4 is 29.2 Å². The van der Waals surface area contributed by atoms with Crippen LogP contribution in [0.3, 0.4) is 0 Å². The van der Waals surface area contributed by atoms with Crippen molar-refractivity contribution in [1.29, 1.82) is 0 Å². The van der Waals surface area contributed by atoms with Gasteiger partial charge in [-0.25, -0.2) is 4.79 Å². The number of amides is 1. The number of carbonyl (C=O) groups excluding carboxylic acids is 1. The molecule has 3 atom stereocenters. The highest BCUT2D eigenvalue weighted by Crippen LogP contribution is 2.43. The van der Waals surface area contributed by atoms with Crippen molar-refractivity contribution in [3.63, 3.8) is 0 Å². The first-order valence-corrected chi connectivity index (χ1v) is 11.0. The molecule has 0 saturated carbocycles. The van der Waals surface area contributed by atoms with Gasteiger partial charge in [-0.3, -0.25) is 0 Å². The average molecular weight is 383 g/mol. The summed E-state index contributed by atoms with van der Waals surface area (Å²) in [6.07, 6.45) is 3.25. The number of carbonyl (C=O) groups is 1. The van der Waals surface area contributed by atoms with Crippen LogP contribution >= 0.6 is 23.1 Å². The molecule has 0 spiro atoms. The number of rotatable bonds is 3. The third kappa shape index (κ3) is 5.14. The van der Waals surface area contributed by atoms with Gasteiger partial charge in [0, 0.05) is 30.9 Å². The number of likely N-dealkylation sites (tertiary alicyclic amines) is 1. The van der Waals surface area contributed by atoms with E-state index in [1.165, 1.54) is 22.6 Å². The Kier molecular flexibility index (Phi) is 6.01. The molecule has 2 aliphatic rings. The summed E-state index contributed by atoms with van der Waals surface area (Å²) in [5.41, 5.74) is 1.04. The number of fused-ring (bicyclic) bond motifs is 1. The molecule has 2 unspecified atom stereocenters. The lowest BCUT2D eigenvalue weighted by Gasteiger charge is -2.35. The highest BCUT2D eigenvalue weighted by molar-refractivity contribution is 8.01. The van der Waals surface area contributed by atoms with E-state index >= 15 is 0 Å². The molecule has 0 aliphatic carbocycles. The first-order chi connectivity index (χ1) is 11.8. The van der Waals surface area contributed by atoms with Crippen LogP contribution in [0.15, 0.2) is 15.7 Å². The second kappa shape index (κ2) is 7.89. The Bertz CT molecular complexity index is 596. The van der Waals surface area contributed by atoms with Crippen LogP contribution in [0.4, 0.5) is 4.79 Å². The number of thiophene rings is 1. The topological polar surface area (TPSA) is 41.6 Å². The number of hydrogen-bond donors (Lipinski definition) is 1. The summed E-state index contributed by atoms with van der Waals surface area (Å²) < 4.78 is 7.00. The number of thioether (sulfide) groups is 1. The van der Waals surface area contributed by atoms with Gasteiger partial charge in [0.1, 0.15) is 5.60 Å². The molecule has 3 heterocycles. The zero-order valence-electron chi connectivity index (χ0n) is 15.7. The number of nitrogens with zero attached hydrogens (tertiary/aromatic N) is 1. The second-order valence-electron chi connectivity index (χ2n) is 8.22. The SMILES string of the molecule is C[C@H]1CC(NCC2CCCN(C(=O)OC(C)(C)C)C2)c2ccsc2S1. The summed E-state index contributed by atoms with van der Waals surface area (Å²) >= 11 is 3.86. The van der Waals surface area contributed by atoms with Crippen molar-refractivity contribution in [3.8, 4) is 0 Å². The van der Waals surface area contributed by atoms with Crippen LogP contribution in [0.25, 0.3) is 0 Å². The summed E-state index contributed by atoms with van der Waals surface area (Å²) in [4.78, 5) is 14.2. The van der Waals surface area contributed by atoms with E-state index in [2.05, 4.69) is 23.7 Å². The van der Waals surface area contributed by atoms with Gasteiger partial charge in [0.2, 0.25) is 0 Å². The van der Waals surface area contributed by atoms with E-state index < -0.39 is 5.60 Å². The second-order valence-corrected chi connectivity index (χ2v) is 10.8. The number of hydrogen-bond acceptors (Lipinski definition) is 5. The number of nitrogens with one attached hydrogen (secondary N) is 1. The van der Waals surface area contributed by atoms with E-state index in [1.807, 2.05) is 48.8 Å². The van der Waals surface area contributed by atoms with Gasteiger partial charge >= 0.3 is 6.09 Å². The molecule has 0 bridgehead atoms. The lowest BCUT2D eigenvalue weighted by molar-refractivity contribution is 0.0165. The zero-order valence-corrected chi connectivity index (χ0v) is 17.3. The first kappa shape index (κ1) is 19.1. The molecule has 1 N–H and O–H groups in total. The predicted molar refractivity (Wildman–Crippen MR) is 106 cm³/mol. The summed E-state index contributed by atoms with van der Waals surface area (Å²) in [5, 5.41) is 6.65. The van der Waals surface area contributed by atoms with E-state index in [9.17, 15) is 4.79 Å². The zero-order chi connectivity index (χ0) is 18.0. The van der Waals surface area contributed by atoms with E-state index in [4.69, 9.17) is 4.74 Å². The summed E-state index contributed by atoms with van der Waals surface area (Å²) in [6.45, 7) is 10.7. The van der Waals surface area contributed by atoms with Crippen LogP contribution in [-0.4, -0.2) is 41.5 Å². The van der Waals surface area contributed by atoms with Crippen molar-refractivity contribution in [2.75, 3.05) is 19.6 Å². The standard InChI is InChI=1S/C19H30N2O2S2/c1-13-10-16(15-7-9-24-17(15)25-13)20-11-14-6-5-8-21(12-14)18(22)23-19(2,3)4/h7,9,13-14,16,20H,5-6,8,10-12H2,1-4H3/t13-,14?,16?/m0/s1. The van der Waals surface area contributed by atoms with Crippen LogP contribution in [0.2, 0.25) is 0 Å². The van der Waals surface area contributed by atoms with Gasteiger partial charge in [-0.05, 0) is 63.0 Å². The molecular weight excluding hydrogens is 352 g/mol. The smallest absolute Gasteiger partial charge is 0.410 e. The molecule has 1 aromatic heterocycles. The molecule has 6 heteroatoms. The minimum atomic E-state index is -0.423. The number of ether oxygens (including phenoxy) is 1. The van der Waals surface area contributed by atoms with Crippen LogP contribution in [0.5, 0.6) is 0 Å². The Labute approximate surface area is 159 Å². The Balaban J connectivity index is 1.53. The van der Waals surface area contributed by atoms with Gasteiger partial charge < -0.3 is 15.0 Å². The van der Waals surface area contributed by atoms with Gasteiger partial charge in [0.25, 0.3) is 0 Å². The molecule has 1 aromatic rings. The van der Waals surface area contributed by atoms with Crippen molar-refractivity contribution < 1.29 is 9.53 Å². The largest absolute Gasteiger partial charge is 0.444 e. The van der Waals surface area contributed by atoms with Gasteiger partial charge in [-0.1, -0.05) is 6.92 Å². The lowest BCUT2D eigenvalue weighted by atomic mass is 9.97. The Morgan fingerprint density at radius 2 is 2.24 bits per heavy atom. The van der Waals surface area contributed by atoms with Gasteiger partial charge in [0.15, 0.2) is 0 Å². The molecule has 4 nitrogen and oxygen atoms in total. The fourth-order valence-electron chi connectivity index (χ4n) is 3.58. The first-order valence-electron chi connectivity index (χ1n) is 9.27. The molecule has 140 valence electrons. The highest BCUT2D eigenvalue weighted by Gasteiger charge is 2.30. The lowest BCUT2D eigenvalue weighted by Crippen LogP contribution is -2.45. The fraction of sp³-hybridized carbons (Fsp3) is 0.737. The Morgan fingerprint density at radius 3 is 3.00 bits per heavy atom. The third-order valence-electron chi connectivity index (χ3n) is 4.73. The van der Waals surface area contributed by atoms with Crippen LogP contribution in [0, 0.1) is 5.92 Å². The van der Waals surface area contributed by atoms with Gasteiger partial charge in [-0.2, -0.15) is 0 Å². The van der Waals surface area contributed by atoms with Crippen molar-refractivity contribution in [2.24, 2.45) is 5.92 Å². The molecule has 0 aromatic carbocycles. The van der Waals surface area contributed by atoms with Gasteiger partial charge in [-0.15, -0.1) is 23.1 Å². The van der Waals surface area contributed by atoms with Crippen LogP contribution < -0.4 is 5.32 Å². The maximum absolute atomic E-state index is 12.3. The third-order valence-corrected chi connectivity index (χ3v) is 7.08. The highest BCUT2D eigenvalue weighted by atomic mass is 32.2. The van der Waals surface area contributed by atoms with Crippen molar-refractivity contribution in [1.82, 2.24) is 10.2 Å². The Hall–Kier alpha value is -0.720. The molecule has 2 aliphatic heterocycles. The normalized spacial score (nSPS) is 27.0. The summed E-state index contributed by atoms with van der Waals surface area (Å²) in [5.74, 6) is 0.508. The van der Waals surface area contributed by atoms with Crippen LogP contribution in [-0.2, 0) is 4.74 Å². The van der Waals surface area contributed by atoms with E-state index in [0.717, 1.165) is 26.1 Å². The van der Waals surface area contributed by atoms with E-state index in [0.29, 0.717) is 17.2 Å². The molecule has 25 heavy (non-hydrogen) atoms. The molecule has 0 radical (unpaired) electrons. The fourth-order valence-corrected chi connectivity index (χ4v) is 6.14. The molecule has 1 fully saturated rings. The minimum absolute atomic E-state index is 0.167. The Morgan fingerprint density at radius 1 is 1.44 bits per heavy atom. The molecule has 3 rings (SSSR count). The minimum Gasteiger partial charge on any atom is -0.444 e. The monoisotopic (exact) mass is 382 g/mol. The maximum Gasteiger partial charge on any atom is 0.410 e. The maximum atomic E-state index is 12.3. The molecule has 1 saturated heterocycles. The quantitative estimate of drug-likeness (QED) is 0.806. The van der Waals surface area contributed by atoms with Crippen molar-refractivity contribution in [3.05, 3.63) is 17.0 Å². The van der Waals surface area contributed by atoms with Crippen molar-refractivity contribution in [2.45, 2.75) is 68.1 Å². The molecule has 1 amide bonds. The summed E-state index contributed by atoms with van der Waals surface area (Å²) in [6, 6.07) is 2.72. The average Bonchev–Trinajstić information content (AvgIpc) is 2.99. The van der Waals surface area contributed by atoms with E-state index in [1.54, 1.807) is 0 Å².